The summed E-state index contributed by atoms with van der Waals surface area (Å²) in [5.41, 5.74) is 7.38. The molecule has 8 aromatic rings. The minimum atomic E-state index is 0.870. The maximum Gasteiger partial charge on any atom is 0.143 e. The third kappa shape index (κ3) is 2.99. The molecule has 0 bridgehead atoms. The molecule has 3 nitrogen and oxygen atoms in total. The summed E-state index contributed by atoms with van der Waals surface area (Å²) >= 11 is 0. The van der Waals surface area contributed by atoms with E-state index in [0.29, 0.717) is 0 Å². The number of hydrogen-bond acceptors (Lipinski definition) is 2. The van der Waals surface area contributed by atoms with E-state index in [1.807, 2.05) is 6.07 Å². The van der Waals surface area contributed by atoms with Gasteiger partial charge in [-0.25, -0.2) is 4.98 Å². The first kappa shape index (κ1) is 21.2. The van der Waals surface area contributed by atoms with E-state index < -0.39 is 0 Å². The second kappa shape index (κ2) is 8.06. The van der Waals surface area contributed by atoms with Crippen molar-refractivity contribution in [2.45, 2.75) is 13.3 Å². The van der Waals surface area contributed by atoms with Gasteiger partial charge in [0.15, 0.2) is 0 Å². The first-order valence-electron chi connectivity index (χ1n) is 13.1. The van der Waals surface area contributed by atoms with Gasteiger partial charge in [0, 0.05) is 28.4 Å². The Kier molecular flexibility index (Phi) is 4.50. The molecule has 8 rings (SSSR count). The molecule has 0 aliphatic carbocycles. The number of furan rings is 1. The average Bonchev–Trinajstić information content (AvgIpc) is 3.56. The fourth-order valence-electron chi connectivity index (χ4n) is 5.99. The van der Waals surface area contributed by atoms with E-state index in [1.165, 1.54) is 32.3 Å². The van der Waals surface area contributed by atoms with Crippen molar-refractivity contribution < 1.29 is 4.42 Å². The molecule has 0 radical (unpaired) electrons. The molecule has 6 aromatic carbocycles. The summed E-state index contributed by atoms with van der Waals surface area (Å²) in [6.45, 7) is 2.16. The fraction of sp³-hybridized carbons (Fsp3) is 0.0571. The highest BCUT2D eigenvalue weighted by Gasteiger charge is 2.18. The maximum atomic E-state index is 6.64. The molecular weight excluding hydrogens is 464 g/mol. The van der Waals surface area contributed by atoms with E-state index in [9.17, 15) is 0 Å². The summed E-state index contributed by atoms with van der Waals surface area (Å²) in [5, 5.41) is 7.24. The Morgan fingerprint density at radius 1 is 0.684 bits per heavy atom. The standard InChI is InChI=1S/C35H24N2O/c1-2-32-36-29-13-7-8-14-30(29)37(32)25-18-15-23(16-19-25)28-21-24-10-4-6-12-27(24)34-33-26-11-5-3-9-22(26)17-20-31(33)38-35(28)34/h3-21H,2H2,1H3. The van der Waals surface area contributed by atoms with Crippen LogP contribution in [0.4, 0.5) is 0 Å². The summed E-state index contributed by atoms with van der Waals surface area (Å²) < 4.78 is 8.90. The second-order valence-corrected chi connectivity index (χ2v) is 9.86. The molecule has 3 heteroatoms. The van der Waals surface area contributed by atoms with Crippen LogP contribution in [-0.4, -0.2) is 9.55 Å². The van der Waals surface area contributed by atoms with Gasteiger partial charge in [-0.3, -0.25) is 4.57 Å². The molecule has 0 saturated carbocycles. The highest BCUT2D eigenvalue weighted by Crippen LogP contribution is 2.43. The zero-order valence-corrected chi connectivity index (χ0v) is 21.0. The lowest BCUT2D eigenvalue weighted by atomic mass is 9.95. The lowest BCUT2D eigenvalue weighted by molar-refractivity contribution is 0.670. The van der Waals surface area contributed by atoms with E-state index in [0.717, 1.165) is 51.3 Å². The molecule has 0 spiro atoms. The Balaban J connectivity index is 1.39. The van der Waals surface area contributed by atoms with Crippen LogP contribution in [0.5, 0.6) is 0 Å². The number of imidazole rings is 1. The first-order valence-corrected chi connectivity index (χ1v) is 13.1. The van der Waals surface area contributed by atoms with Crippen LogP contribution in [0.2, 0.25) is 0 Å². The molecule has 0 unspecified atom stereocenters. The molecule has 0 aliphatic rings. The summed E-state index contributed by atoms with van der Waals surface area (Å²) in [5.74, 6) is 1.07. The van der Waals surface area contributed by atoms with Crippen LogP contribution >= 0.6 is 0 Å². The van der Waals surface area contributed by atoms with Crippen LogP contribution in [0.15, 0.2) is 120 Å². The predicted octanol–water partition coefficient (Wildman–Crippen LogP) is 9.46. The van der Waals surface area contributed by atoms with Crippen LogP contribution in [0, 0.1) is 0 Å². The second-order valence-electron chi connectivity index (χ2n) is 9.86. The normalized spacial score (nSPS) is 11.9. The van der Waals surface area contributed by atoms with Gasteiger partial charge in [0.2, 0.25) is 0 Å². The summed E-state index contributed by atoms with van der Waals surface area (Å²) in [6, 6.07) is 40.9. The number of fused-ring (bicyclic) bond motifs is 8. The number of rotatable bonds is 3. The number of hydrogen-bond donors (Lipinski definition) is 0. The number of para-hydroxylation sites is 2. The van der Waals surface area contributed by atoms with Crippen LogP contribution in [0.25, 0.3) is 71.3 Å². The van der Waals surface area contributed by atoms with Crippen molar-refractivity contribution in [1.29, 1.82) is 0 Å². The van der Waals surface area contributed by atoms with Crippen LogP contribution in [0.1, 0.15) is 12.7 Å². The number of aryl methyl sites for hydroxylation is 1. The van der Waals surface area contributed by atoms with Gasteiger partial charge in [-0.2, -0.15) is 0 Å². The quantitative estimate of drug-likeness (QED) is 0.248. The third-order valence-electron chi connectivity index (χ3n) is 7.74. The fourth-order valence-corrected chi connectivity index (χ4v) is 5.99. The minimum Gasteiger partial charge on any atom is -0.455 e. The Morgan fingerprint density at radius 3 is 2.21 bits per heavy atom. The van der Waals surface area contributed by atoms with Gasteiger partial charge in [-0.05, 0) is 63.5 Å². The zero-order chi connectivity index (χ0) is 25.2. The molecule has 2 heterocycles. The van der Waals surface area contributed by atoms with E-state index in [2.05, 4.69) is 121 Å². The minimum absolute atomic E-state index is 0.870. The SMILES string of the molecule is CCc1nc2ccccc2n1-c1ccc(-c2cc3ccccc3c3c2oc2ccc4ccccc4c23)cc1. The molecule has 0 saturated heterocycles. The molecule has 2 aromatic heterocycles. The Hall–Kier alpha value is -4.89. The Morgan fingerprint density at radius 2 is 1.39 bits per heavy atom. The Bertz CT molecular complexity index is 2160. The largest absolute Gasteiger partial charge is 0.455 e. The number of benzene rings is 6. The van der Waals surface area contributed by atoms with Crippen molar-refractivity contribution in [2.75, 3.05) is 0 Å². The summed E-state index contributed by atoms with van der Waals surface area (Å²) in [4.78, 5) is 4.86. The van der Waals surface area contributed by atoms with Gasteiger partial charge < -0.3 is 4.42 Å². The lowest BCUT2D eigenvalue weighted by Gasteiger charge is -2.11. The van der Waals surface area contributed by atoms with Gasteiger partial charge in [0.05, 0.1) is 11.0 Å². The highest BCUT2D eigenvalue weighted by molar-refractivity contribution is 6.28. The maximum absolute atomic E-state index is 6.64. The topological polar surface area (TPSA) is 31.0 Å². The monoisotopic (exact) mass is 488 g/mol. The molecular formula is C35H24N2O. The van der Waals surface area contributed by atoms with E-state index in [1.54, 1.807) is 0 Å². The molecule has 180 valence electrons. The average molecular weight is 489 g/mol. The zero-order valence-electron chi connectivity index (χ0n) is 21.0. The number of nitrogens with zero attached hydrogens (tertiary/aromatic N) is 2. The predicted molar refractivity (Wildman–Crippen MR) is 158 cm³/mol. The first-order chi connectivity index (χ1) is 18.8. The van der Waals surface area contributed by atoms with Crippen LogP contribution in [-0.2, 0) is 6.42 Å². The molecule has 38 heavy (non-hydrogen) atoms. The van der Waals surface area contributed by atoms with Crippen molar-refractivity contribution in [3.63, 3.8) is 0 Å². The number of aromatic nitrogens is 2. The van der Waals surface area contributed by atoms with E-state index >= 15 is 0 Å². The van der Waals surface area contributed by atoms with Crippen molar-refractivity contribution in [2.24, 2.45) is 0 Å². The molecule has 0 amide bonds. The Labute approximate surface area is 219 Å². The lowest BCUT2D eigenvalue weighted by Crippen LogP contribution is -1.99. The van der Waals surface area contributed by atoms with Gasteiger partial charge in [0.1, 0.15) is 17.0 Å². The molecule has 0 fully saturated rings. The summed E-state index contributed by atoms with van der Waals surface area (Å²) in [6.07, 6.45) is 0.870. The highest BCUT2D eigenvalue weighted by atomic mass is 16.3. The third-order valence-corrected chi connectivity index (χ3v) is 7.74. The van der Waals surface area contributed by atoms with Crippen LogP contribution < -0.4 is 0 Å². The molecule has 0 aliphatic heterocycles. The van der Waals surface area contributed by atoms with Crippen LogP contribution in [0.3, 0.4) is 0 Å². The smallest absolute Gasteiger partial charge is 0.143 e. The van der Waals surface area contributed by atoms with Gasteiger partial charge in [-0.15, -0.1) is 0 Å². The van der Waals surface area contributed by atoms with Crippen molar-refractivity contribution in [1.82, 2.24) is 9.55 Å². The summed E-state index contributed by atoms with van der Waals surface area (Å²) in [7, 11) is 0. The van der Waals surface area contributed by atoms with Gasteiger partial charge in [0.25, 0.3) is 0 Å². The van der Waals surface area contributed by atoms with Crippen molar-refractivity contribution >= 4 is 54.5 Å². The molecule has 0 N–H and O–H groups in total. The van der Waals surface area contributed by atoms with E-state index in [-0.39, 0.29) is 0 Å². The van der Waals surface area contributed by atoms with E-state index in [4.69, 9.17) is 9.40 Å². The van der Waals surface area contributed by atoms with Gasteiger partial charge in [-0.1, -0.05) is 85.8 Å². The molecule has 0 atom stereocenters. The van der Waals surface area contributed by atoms with Gasteiger partial charge >= 0.3 is 0 Å². The van der Waals surface area contributed by atoms with Crippen molar-refractivity contribution in [3.8, 4) is 16.8 Å². The van der Waals surface area contributed by atoms with Crippen molar-refractivity contribution in [3.05, 3.63) is 121 Å².